The first kappa shape index (κ1) is 13.3. The molecule has 0 bridgehead atoms. The molecule has 0 heterocycles. The van der Waals surface area contributed by atoms with Crippen molar-refractivity contribution < 1.29 is 13.2 Å². The van der Waals surface area contributed by atoms with Crippen LogP contribution in [0, 0.1) is 0 Å². The van der Waals surface area contributed by atoms with E-state index in [2.05, 4.69) is 6.58 Å². The Hall–Kier alpha value is -1.75. The molecule has 0 amide bonds. The Kier molecular flexibility index (Phi) is 5.29. The van der Waals surface area contributed by atoms with Crippen molar-refractivity contribution in [2.45, 2.75) is 0 Å². The minimum atomic E-state index is -2.62. The minimum Gasteiger partial charge on any atom is -0.497 e. The van der Waals surface area contributed by atoms with E-state index in [-0.39, 0.29) is 6.54 Å². The van der Waals surface area contributed by atoms with Gasteiger partial charge in [0.25, 0.3) is 0 Å². The van der Waals surface area contributed by atoms with Gasteiger partial charge in [0.2, 0.25) is 10.9 Å². The molecule has 17 heavy (non-hydrogen) atoms. The number of benzene rings is 1. The summed E-state index contributed by atoms with van der Waals surface area (Å²) in [6.07, 6.45) is 4.76. The summed E-state index contributed by atoms with van der Waals surface area (Å²) in [7, 11) is -1.03. The van der Waals surface area contributed by atoms with E-state index >= 15 is 0 Å². The molecule has 0 saturated carbocycles. The van der Waals surface area contributed by atoms with Gasteiger partial charge in [0.1, 0.15) is 5.75 Å². The fourth-order valence-electron chi connectivity index (χ4n) is 1.20. The number of thiol groups is 1. The van der Waals surface area contributed by atoms with E-state index in [4.69, 9.17) is 4.74 Å². The summed E-state index contributed by atoms with van der Waals surface area (Å²) in [4.78, 5) is 0. The highest BCUT2D eigenvalue weighted by atomic mass is 32.2. The molecule has 0 aliphatic rings. The van der Waals surface area contributed by atoms with Crippen LogP contribution < -0.4 is 4.74 Å². The van der Waals surface area contributed by atoms with Crippen LogP contribution in [0.4, 0.5) is 0 Å². The van der Waals surface area contributed by atoms with E-state index in [9.17, 15) is 8.42 Å². The van der Waals surface area contributed by atoms with Crippen LogP contribution in [0.5, 0.6) is 5.75 Å². The number of rotatable bonds is 6. The second-order valence-electron chi connectivity index (χ2n) is 3.24. The maximum Gasteiger partial charge on any atom is 0.224 e. The van der Waals surface area contributed by atoms with Crippen LogP contribution in [0.3, 0.4) is 0 Å². The Labute approximate surface area is 103 Å². The molecule has 1 aromatic rings. The fourth-order valence-corrected chi connectivity index (χ4v) is 1.63. The largest absolute Gasteiger partial charge is 0.497 e. The fraction of sp³-hybridized carbons (Fsp3) is 0.167. The van der Waals surface area contributed by atoms with Crippen molar-refractivity contribution in [2.75, 3.05) is 13.7 Å². The van der Waals surface area contributed by atoms with Crippen molar-refractivity contribution in [1.29, 1.82) is 0 Å². The van der Waals surface area contributed by atoms with Gasteiger partial charge in [0, 0.05) is 6.20 Å². The molecule has 0 fully saturated rings. The minimum absolute atomic E-state index is 0.269. The standard InChI is InChI=1S/C12H15NO3S/c1-3-9-13(17(14)15)10-8-11-4-6-12(16-2)7-5-11/h3-8,10,17H,1,9H2,2H3. The molecular formula is C12H15NO3S. The molecule has 0 N–H and O–H groups in total. The predicted octanol–water partition coefficient (Wildman–Crippen LogP) is 1.68. The van der Waals surface area contributed by atoms with Crippen molar-refractivity contribution >= 4 is 17.0 Å². The van der Waals surface area contributed by atoms with E-state index in [0.717, 1.165) is 11.3 Å². The van der Waals surface area contributed by atoms with Gasteiger partial charge in [0.15, 0.2) is 0 Å². The molecule has 0 aromatic heterocycles. The topological polar surface area (TPSA) is 46.6 Å². The summed E-state index contributed by atoms with van der Waals surface area (Å²) in [5.74, 6) is 0.764. The second-order valence-corrected chi connectivity index (χ2v) is 4.23. The highest BCUT2D eigenvalue weighted by molar-refractivity contribution is 7.70. The maximum absolute atomic E-state index is 10.9. The van der Waals surface area contributed by atoms with Crippen LogP contribution in [0.1, 0.15) is 5.56 Å². The van der Waals surface area contributed by atoms with Crippen molar-refractivity contribution in [3.05, 3.63) is 48.7 Å². The molecule has 0 aliphatic carbocycles. The quantitative estimate of drug-likeness (QED) is 0.620. The zero-order valence-electron chi connectivity index (χ0n) is 9.57. The summed E-state index contributed by atoms with van der Waals surface area (Å²) in [6.45, 7) is 3.77. The van der Waals surface area contributed by atoms with Crippen molar-refractivity contribution in [3.63, 3.8) is 0 Å². The summed E-state index contributed by atoms with van der Waals surface area (Å²) in [6, 6.07) is 7.32. The summed E-state index contributed by atoms with van der Waals surface area (Å²) in [5.41, 5.74) is 0.900. The Balaban J connectivity index is 2.76. The van der Waals surface area contributed by atoms with Gasteiger partial charge in [-0.2, -0.15) is 0 Å². The monoisotopic (exact) mass is 253 g/mol. The van der Waals surface area contributed by atoms with E-state index in [1.807, 2.05) is 24.3 Å². The lowest BCUT2D eigenvalue weighted by molar-refractivity contribution is 0.415. The molecule has 0 atom stereocenters. The third-order valence-electron chi connectivity index (χ3n) is 2.08. The van der Waals surface area contributed by atoms with Gasteiger partial charge in [-0.05, 0) is 23.8 Å². The second kappa shape index (κ2) is 6.75. The number of hydrogen-bond acceptors (Lipinski definition) is 3. The lowest BCUT2D eigenvalue weighted by Crippen LogP contribution is -2.14. The summed E-state index contributed by atoms with van der Waals surface area (Å²) < 4.78 is 27.9. The molecule has 5 heteroatoms. The van der Waals surface area contributed by atoms with Crippen LogP contribution in [0.25, 0.3) is 6.08 Å². The van der Waals surface area contributed by atoms with Crippen molar-refractivity contribution in [2.24, 2.45) is 0 Å². The lowest BCUT2D eigenvalue weighted by Gasteiger charge is -2.08. The van der Waals surface area contributed by atoms with Gasteiger partial charge in [0.05, 0.1) is 13.7 Å². The molecule has 0 radical (unpaired) electrons. The molecule has 4 nitrogen and oxygen atoms in total. The number of hydrogen-bond donors (Lipinski definition) is 1. The third-order valence-corrected chi connectivity index (χ3v) is 2.80. The SMILES string of the molecule is C=CCN(C=Cc1ccc(OC)cc1)[SH](=O)=O. The average Bonchev–Trinajstić information content (AvgIpc) is 2.34. The van der Waals surface area contributed by atoms with Crippen LogP contribution >= 0.6 is 0 Å². The van der Waals surface area contributed by atoms with Crippen LogP contribution in [0.15, 0.2) is 43.1 Å². The molecule has 0 spiro atoms. The Morgan fingerprint density at radius 3 is 2.47 bits per heavy atom. The Bertz CT molecular complexity index is 455. The zero-order valence-corrected chi connectivity index (χ0v) is 10.5. The van der Waals surface area contributed by atoms with Gasteiger partial charge >= 0.3 is 0 Å². The van der Waals surface area contributed by atoms with E-state index in [1.54, 1.807) is 13.2 Å². The molecule has 0 saturated heterocycles. The number of methoxy groups -OCH3 is 1. The predicted molar refractivity (Wildman–Crippen MR) is 69.2 cm³/mol. The number of nitrogens with zero attached hydrogens (tertiary/aromatic N) is 1. The molecule has 1 aromatic carbocycles. The van der Waals surface area contributed by atoms with Gasteiger partial charge in [-0.15, -0.1) is 6.58 Å². The van der Waals surface area contributed by atoms with E-state index in [0.29, 0.717) is 0 Å². The van der Waals surface area contributed by atoms with Crippen molar-refractivity contribution in [1.82, 2.24) is 4.31 Å². The van der Waals surface area contributed by atoms with E-state index in [1.165, 1.54) is 16.6 Å². The van der Waals surface area contributed by atoms with Gasteiger partial charge in [-0.25, -0.2) is 8.42 Å². The van der Waals surface area contributed by atoms with Gasteiger partial charge in [-0.3, -0.25) is 4.31 Å². The van der Waals surface area contributed by atoms with Gasteiger partial charge < -0.3 is 4.74 Å². The lowest BCUT2D eigenvalue weighted by atomic mass is 10.2. The molecule has 92 valence electrons. The van der Waals surface area contributed by atoms with Gasteiger partial charge in [-0.1, -0.05) is 18.2 Å². The van der Waals surface area contributed by atoms with E-state index < -0.39 is 10.9 Å². The maximum atomic E-state index is 10.9. The molecule has 0 aliphatic heterocycles. The number of ether oxygens (including phenoxy) is 1. The molecule has 1 rings (SSSR count). The normalized spacial score (nSPS) is 10.7. The highest BCUT2D eigenvalue weighted by Crippen LogP contribution is 2.12. The summed E-state index contributed by atoms with van der Waals surface area (Å²) in [5, 5.41) is 0. The van der Waals surface area contributed by atoms with Crippen LogP contribution in [-0.4, -0.2) is 26.4 Å². The third kappa shape index (κ3) is 4.32. The first-order valence-corrected chi connectivity index (χ1v) is 6.14. The first-order valence-electron chi connectivity index (χ1n) is 5.01. The first-order chi connectivity index (χ1) is 8.17. The van der Waals surface area contributed by atoms with Crippen LogP contribution in [0.2, 0.25) is 0 Å². The average molecular weight is 253 g/mol. The molecular weight excluding hydrogens is 238 g/mol. The zero-order chi connectivity index (χ0) is 12.7. The Morgan fingerprint density at radius 1 is 1.35 bits per heavy atom. The smallest absolute Gasteiger partial charge is 0.224 e. The molecule has 0 unspecified atom stereocenters. The van der Waals surface area contributed by atoms with Crippen LogP contribution in [-0.2, 0) is 10.9 Å². The Morgan fingerprint density at radius 2 is 2.00 bits per heavy atom. The summed E-state index contributed by atoms with van der Waals surface area (Å²) >= 11 is 0. The van der Waals surface area contributed by atoms with Crippen molar-refractivity contribution in [3.8, 4) is 5.75 Å². The highest BCUT2D eigenvalue weighted by Gasteiger charge is 1.97.